The molecule has 0 bridgehead atoms. The number of nitrogens with zero attached hydrogens (tertiary/aromatic N) is 2. The standard InChI is InChI=1S/C21H26Cl2N4O/c1-15(2)6-5-12-26-21(28)27(19-9-7-18(23)8-10-19)20(24)16(3)11-13-25-14-17(4)22/h6-11,13-14,24H,5,12H2,1-4H3,(H,26,28)/b16-11+,17-14+,24-20?,25-13+. The maximum absolute atomic E-state index is 12.8. The second kappa shape index (κ2) is 12.2. The molecule has 0 aliphatic rings. The first-order valence-electron chi connectivity index (χ1n) is 8.80. The van der Waals surface area contributed by atoms with E-state index in [1.54, 1.807) is 44.2 Å². The van der Waals surface area contributed by atoms with Gasteiger partial charge in [-0.15, -0.1) is 0 Å². The summed E-state index contributed by atoms with van der Waals surface area (Å²) in [6, 6.07) is 6.39. The van der Waals surface area contributed by atoms with Crippen molar-refractivity contribution in [2.45, 2.75) is 34.1 Å². The maximum Gasteiger partial charge on any atom is 0.327 e. The Hall–Kier alpha value is -2.37. The quantitative estimate of drug-likeness (QED) is 0.230. The molecule has 0 saturated carbocycles. The van der Waals surface area contributed by atoms with Gasteiger partial charge in [-0.1, -0.05) is 34.9 Å². The average molecular weight is 421 g/mol. The van der Waals surface area contributed by atoms with Gasteiger partial charge in [0, 0.05) is 29.0 Å². The first kappa shape index (κ1) is 23.7. The molecule has 0 saturated heterocycles. The predicted molar refractivity (Wildman–Crippen MR) is 121 cm³/mol. The van der Waals surface area contributed by atoms with Crippen LogP contribution in [0.3, 0.4) is 0 Å². The number of amides is 2. The van der Waals surface area contributed by atoms with E-state index in [9.17, 15) is 4.79 Å². The molecule has 0 spiro atoms. The molecule has 0 unspecified atom stereocenters. The van der Waals surface area contributed by atoms with Gasteiger partial charge in [0.05, 0.1) is 5.69 Å². The number of carbonyl (C=O) groups is 1. The minimum Gasteiger partial charge on any atom is -0.337 e. The summed E-state index contributed by atoms with van der Waals surface area (Å²) in [6.45, 7) is 7.96. The number of carbonyl (C=O) groups excluding carboxylic acids is 1. The van der Waals surface area contributed by atoms with Crippen LogP contribution < -0.4 is 10.2 Å². The average Bonchev–Trinajstić information content (AvgIpc) is 2.63. The Kier molecular flexibility index (Phi) is 10.3. The summed E-state index contributed by atoms with van der Waals surface area (Å²) >= 11 is 11.7. The second-order valence-corrected chi connectivity index (χ2v) is 7.36. The number of aliphatic imine (C=N–C) groups is 1. The third kappa shape index (κ3) is 8.55. The highest BCUT2D eigenvalue weighted by Crippen LogP contribution is 2.20. The van der Waals surface area contributed by atoms with Gasteiger partial charge in [0.15, 0.2) is 0 Å². The van der Waals surface area contributed by atoms with Crippen molar-refractivity contribution in [2.24, 2.45) is 4.99 Å². The lowest BCUT2D eigenvalue weighted by molar-refractivity contribution is 0.249. The zero-order valence-corrected chi connectivity index (χ0v) is 18.1. The van der Waals surface area contributed by atoms with Gasteiger partial charge in [0.2, 0.25) is 0 Å². The van der Waals surface area contributed by atoms with Gasteiger partial charge < -0.3 is 5.32 Å². The van der Waals surface area contributed by atoms with Crippen LogP contribution in [0.15, 0.2) is 63.8 Å². The molecule has 1 aromatic carbocycles. The van der Waals surface area contributed by atoms with E-state index in [1.807, 2.05) is 19.9 Å². The third-order valence-corrected chi connectivity index (χ3v) is 3.87. The molecular weight excluding hydrogens is 395 g/mol. The van der Waals surface area contributed by atoms with Crippen LogP contribution in [0, 0.1) is 5.41 Å². The lowest BCUT2D eigenvalue weighted by Gasteiger charge is -2.24. The Morgan fingerprint density at radius 3 is 2.43 bits per heavy atom. The lowest BCUT2D eigenvalue weighted by Crippen LogP contribution is -2.44. The van der Waals surface area contributed by atoms with E-state index in [1.165, 1.54) is 22.9 Å². The molecule has 150 valence electrons. The summed E-state index contributed by atoms with van der Waals surface area (Å²) in [5.74, 6) is 0.0417. The molecule has 2 amide bonds. The van der Waals surface area contributed by atoms with Gasteiger partial charge in [-0.3, -0.25) is 10.4 Å². The monoisotopic (exact) mass is 420 g/mol. The minimum absolute atomic E-state index is 0.0417. The molecule has 5 nitrogen and oxygen atoms in total. The topological polar surface area (TPSA) is 68.6 Å². The number of hydrogen-bond donors (Lipinski definition) is 2. The number of allylic oxidation sites excluding steroid dienone is 3. The van der Waals surface area contributed by atoms with Crippen LogP contribution in [0.5, 0.6) is 0 Å². The number of hydrogen-bond acceptors (Lipinski definition) is 3. The van der Waals surface area contributed by atoms with Crippen molar-refractivity contribution in [3.8, 4) is 0 Å². The highest BCUT2D eigenvalue weighted by molar-refractivity contribution is 6.31. The van der Waals surface area contributed by atoms with Gasteiger partial charge in [-0.25, -0.2) is 9.69 Å². The van der Waals surface area contributed by atoms with E-state index >= 15 is 0 Å². The van der Waals surface area contributed by atoms with E-state index < -0.39 is 0 Å². The first-order valence-corrected chi connectivity index (χ1v) is 9.56. The summed E-state index contributed by atoms with van der Waals surface area (Å²) in [6.07, 6.45) is 7.45. The molecule has 7 heteroatoms. The van der Waals surface area contributed by atoms with Crippen molar-refractivity contribution in [1.82, 2.24) is 5.32 Å². The van der Waals surface area contributed by atoms with Crippen molar-refractivity contribution in [1.29, 1.82) is 5.41 Å². The molecule has 1 rings (SSSR count). The summed E-state index contributed by atoms with van der Waals surface area (Å²) in [5, 5.41) is 12.4. The maximum atomic E-state index is 12.8. The van der Waals surface area contributed by atoms with Crippen molar-refractivity contribution >= 4 is 47.0 Å². The van der Waals surface area contributed by atoms with E-state index in [0.29, 0.717) is 27.9 Å². The molecule has 0 aromatic heterocycles. The van der Waals surface area contributed by atoms with Crippen LogP contribution in [0.2, 0.25) is 5.02 Å². The summed E-state index contributed by atoms with van der Waals surface area (Å²) in [7, 11) is 0. The fourth-order valence-electron chi connectivity index (χ4n) is 2.11. The van der Waals surface area contributed by atoms with Gasteiger partial charge in [-0.2, -0.15) is 0 Å². The largest absolute Gasteiger partial charge is 0.337 e. The molecule has 0 atom stereocenters. The van der Waals surface area contributed by atoms with E-state index in [0.717, 1.165) is 6.42 Å². The molecule has 28 heavy (non-hydrogen) atoms. The van der Waals surface area contributed by atoms with Crippen LogP contribution in [0.4, 0.5) is 10.5 Å². The fraction of sp³-hybridized carbons (Fsp3) is 0.286. The number of anilines is 1. The van der Waals surface area contributed by atoms with Crippen LogP contribution in [-0.2, 0) is 0 Å². The van der Waals surface area contributed by atoms with Crippen molar-refractivity contribution in [2.75, 3.05) is 11.4 Å². The third-order valence-electron chi connectivity index (χ3n) is 3.52. The zero-order chi connectivity index (χ0) is 21.1. The van der Waals surface area contributed by atoms with Gasteiger partial charge >= 0.3 is 6.03 Å². The van der Waals surface area contributed by atoms with Crippen molar-refractivity contribution < 1.29 is 4.79 Å². The Morgan fingerprint density at radius 2 is 1.86 bits per heavy atom. The Morgan fingerprint density at radius 1 is 1.21 bits per heavy atom. The summed E-state index contributed by atoms with van der Waals surface area (Å²) in [4.78, 5) is 18.1. The summed E-state index contributed by atoms with van der Waals surface area (Å²) < 4.78 is 0. The van der Waals surface area contributed by atoms with E-state index in [2.05, 4.69) is 10.3 Å². The van der Waals surface area contributed by atoms with Crippen LogP contribution in [0.1, 0.15) is 34.1 Å². The first-order chi connectivity index (χ1) is 13.2. The number of benzene rings is 1. The number of nitrogens with one attached hydrogen (secondary N) is 2. The number of halogens is 2. The molecule has 0 aliphatic heterocycles. The second-order valence-electron chi connectivity index (χ2n) is 6.33. The Balaban J connectivity index is 3.04. The highest BCUT2D eigenvalue weighted by atomic mass is 35.5. The van der Waals surface area contributed by atoms with Crippen molar-refractivity contribution in [3.63, 3.8) is 0 Å². The summed E-state index contributed by atoms with van der Waals surface area (Å²) in [5.41, 5.74) is 2.31. The molecule has 0 aliphatic carbocycles. The minimum atomic E-state index is -0.379. The van der Waals surface area contributed by atoms with Gasteiger partial charge in [0.1, 0.15) is 5.84 Å². The molecule has 2 N–H and O–H groups in total. The fourth-order valence-corrected chi connectivity index (χ4v) is 2.30. The normalized spacial score (nSPS) is 12.1. The number of urea groups is 1. The molecule has 1 aromatic rings. The molecule has 0 heterocycles. The number of amidine groups is 1. The highest BCUT2D eigenvalue weighted by Gasteiger charge is 2.21. The van der Waals surface area contributed by atoms with Crippen molar-refractivity contribution in [3.05, 3.63) is 63.8 Å². The molecule has 0 radical (unpaired) electrons. The van der Waals surface area contributed by atoms with Crippen LogP contribution >= 0.6 is 23.2 Å². The SMILES string of the molecule is CC(C)=CCCNC(=O)N(C(=N)/C(C)=C/C=N/C=C(\C)Cl)c1ccc(Cl)cc1. The Labute approximate surface area is 176 Å². The van der Waals surface area contributed by atoms with Crippen LogP contribution in [0.25, 0.3) is 0 Å². The molecular formula is C21H26Cl2N4O. The van der Waals surface area contributed by atoms with Crippen LogP contribution in [-0.4, -0.2) is 24.6 Å². The number of rotatable bonds is 7. The predicted octanol–water partition coefficient (Wildman–Crippen LogP) is 6.31. The smallest absolute Gasteiger partial charge is 0.327 e. The van der Waals surface area contributed by atoms with E-state index in [4.69, 9.17) is 28.6 Å². The van der Waals surface area contributed by atoms with Gasteiger partial charge in [-0.05, 0) is 70.0 Å². The zero-order valence-electron chi connectivity index (χ0n) is 16.6. The van der Waals surface area contributed by atoms with Gasteiger partial charge in [0.25, 0.3) is 0 Å². The molecule has 0 fully saturated rings. The lowest BCUT2D eigenvalue weighted by atomic mass is 10.2. The van der Waals surface area contributed by atoms with E-state index in [-0.39, 0.29) is 11.9 Å². The Bertz CT molecular complexity index is 800.